The molecule has 0 fully saturated rings. The number of carbonyl (C=O) groups excluding carboxylic acids is 1. The van der Waals surface area contributed by atoms with Crippen LogP contribution in [0.4, 0.5) is 0 Å². The number of aryl methyl sites for hydroxylation is 1. The summed E-state index contributed by atoms with van der Waals surface area (Å²) < 4.78 is 5.42. The molecular weight excluding hydrogens is 226 g/mol. The second-order valence-corrected chi connectivity index (χ2v) is 4.42. The van der Waals surface area contributed by atoms with Gasteiger partial charge in [-0.15, -0.1) is 0 Å². The van der Waals surface area contributed by atoms with Crippen molar-refractivity contribution in [2.24, 2.45) is 0 Å². The largest absolute Gasteiger partial charge is 0.464 e. The minimum Gasteiger partial charge on any atom is -0.464 e. The number of amides is 1. The van der Waals surface area contributed by atoms with Crippen molar-refractivity contribution in [3.8, 4) is 11.3 Å². The summed E-state index contributed by atoms with van der Waals surface area (Å²) in [5, 5.41) is 0. The molecule has 0 aliphatic rings. The molecule has 94 valence electrons. The molecule has 0 saturated heterocycles. The number of hydrogen-bond acceptors (Lipinski definition) is 2. The van der Waals surface area contributed by atoms with Crippen LogP contribution in [0.1, 0.15) is 12.0 Å². The summed E-state index contributed by atoms with van der Waals surface area (Å²) in [6, 6.07) is 11.8. The van der Waals surface area contributed by atoms with Gasteiger partial charge in [0.15, 0.2) is 0 Å². The smallest absolute Gasteiger partial charge is 0.222 e. The van der Waals surface area contributed by atoms with Crippen molar-refractivity contribution in [2.45, 2.75) is 12.8 Å². The lowest BCUT2D eigenvalue weighted by atomic mass is 10.0. The Morgan fingerprint density at radius 3 is 2.61 bits per heavy atom. The molecule has 0 unspecified atom stereocenters. The van der Waals surface area contributed by atoms with Gasteiger partial charge >= 0.3 is 0 Å². The number of carbonyl (C=O) groups is 1. The highest BCUT2D eigenvalue weighted by atomic mass is 16.3. The zero-order valence-electron chi connectivity index (χ0n) is 10.7. The van der Waals surface area contributed by atoms with Gasteiger partial charge in [0.2, 0.25) is 5.91 Å². The molecule has 0 saturated carbocycles. The van der Waals surface area contributed by atoms with Gasteiger partial charge in [0.25, 0.3) is 0 Å². The van der Waals surface area contributed by atoms with E-state index in [1.165, 1.54) is 0 Å². The van der Waals surface area contributed by atoms with Gasteiger partial charge in [-0.1, -0.05) is 24.3 Å². The molecule has 3 nitrogen and oxygen atoms in total. The van der Waals surface area contributed by atoms with Crippen molar-refractivity contribution in [2.75, 3.05) is 14.1 Å². The first kappa shape index (κ1) is 12.4. The van der Waals surface area contributed by atoms with E-state index in [1.54, 1.807) is 25.3 Å². The van der Waals surface area contributed by atoms with Gasteiger partial charge < -0.3 is 9.32 Å². The van der Waals surface area contributed by atoms with Gasteiger partial charge in [-0.05, 0) is 24.1 Å². The average Bonchev–Trinajstić information content (AvgIpc) is 2.89. The number of nitrogens with zero attached hydrogens (tertiary/aromatic N) is 1. The maximum Gasteiger partial charge on any atom is 0.222 e. The summed E-state index contributed by atoms with van der Waals surface area (Å²) in [6.07, 6.45) is 2.91. The third-order valence-electron chi connectivity index (χ3n) is 2.91. The van der Waals surface area contributed by atoms with Crippen LogP contribution in [0.3, 0.4) is 0 Å². The fraction of sp³-hybridized carbons (Fsp3) is 0.267. The van der Waals surface area contributed by atoms with E-state index in [-0.39, 0.29) is 5.91 Å². The lowest BCUT2D eigenvalue weighted by Crippen LogP contribution is -2.21. The van der Waals surface area contributed by atoms with Gasteiger partial charge in [-0.3, -0.25) is 4.79 Å². The topological polar surface area (TPSA) is 33.5 Å². The van der Waals surface area contributed by atoms with Gasteiger partial charge in [0, 0.05) is 26.1 Å². The average molecular weight is 243 g/mol. The summed E-state index contributed by atoms with van der Waals surface area (Å²) in [5.41, 5.74) is 2.21. The molecule has 0 bridgehead atoms. The van der Waals surface area contributed by atoms with Crippen LogP contribution in [0.5, 0.6) is 0 Å². The number of hydrogen-bond donors (Lipinski definition) is 0. The Hall–Kier alpha value is -2.03. The molecule has 1 amide bonds. The zero-order valence-corrected chi connectivity index (χ0v) is 10.7. The van der Waals surface area contributed by atoms with Crippen LogP contribution in [0, 0.1) is 0 Å². The molecule has 0 N–H and O–H groups in total. The molecule has 0 aliphatic heterocycles. The number of rotatable bonds is 4. The van der Waals surface area contributed by atoms with E-state index in [4.69, 9.17) is 4.42 Å². The first-order valence-electron chi connectivity index (χ1n) is 6.00. The SMILES string of the molecule is CN(C)C(=O)CCc1ccccc1-c1ccco1. The van der Waals surface area contributed by atoms with Crippen molar-refractivity contribution in [1.29, 1.82) is 0 Å². The molecule has 1 aromatic heterocycles. The Balaban J connectivity index is 2.16. The molecule has 3 heteroatoms. The molecular formula is C15H17NO2. The van der Waals surface area contributed by atoms with Crippen LogP contribution in [0.15, 0.2) is 47.1 Å². The lowest BCUT2D eigenvalue weighted by molar-refractivity contribution is -0.128. The maximum absolute atomic E-state index is 11.6. The van der Waals surface area contributed by atoms with E-state index >= 15 is 0 Å². The van der Waals surface area contributed by atoms with E-state index in [2.05, 4.69) is 0 Å². The summed E-state index contributed by atoms with van der Waals surface area (Å²) >= 11 is 0. The Kier molecular flexibility index (Phi) is 3.82. The third-order valence-corrected chi connectivity index (χ3v) is 2.91. The molecule has 2 aromatic rings. The quantitative estimate of drug-likeness (QED) is 0.827. The molecule has 0 aliphatic carbocycles. The Labute approximate surface area is 107 Å². The Bertz CT molecular complexity index is 515. The van der Waals surface area contributed by atoms with Gasteiger partial charge in [-0.25, -0.2) is 0 Å². The first-order valence-corrected chi connectivity index (χ1v) is 6.00. The predicted molar refractivity (Wildman–Crippen MR) is 71.2 cm³/mol. The lowest BCUT2D eigenvalue weighted by Gasteiger charge is -2.11. The van der Waals surface area contributed by atoms with Crippen LogP contribution in [0.2, 0.25) is 0 Å². The minimum atomic E-state index is 0.143. The van der Waals surface area contributed by atoms with Crippen molar-refractivity contribution in [3.05, 3.63) is 48.2 Å². The second-order valence-electron chi connectivity index (χ2n) is 4.42. The zero-order chi connectivity index (χ0) is 13.0. The highest BCUT2D eigenvalue weighted by molar-refractivity contribution is 5.76. The van der Waals surface area contributed by atoms with E-state index in [1.807, 2.05) is 36.4 Å². The summed E-state index contributed by atoms with van der Waals surface area (Å²) in [7, 11) is 3.56. The standard InChI is InChI=1S/C15H17NO2/c1-16(2)15(17)10-9-12-6-3-4-7-13(12)14-8-5-11-18-14/h3-8,11H,9-10H2,1-2H3. The summed E-state index contributed by atoms with van der Waals surface area (Å²) in [6.45, 7) is 0. The minimum absolute atomic E-state index is 0.143. The van der Waals surface area contributed by atoms with Crippen LogP contribution in [0.25, 0.3) is 11.3 Å². The van der Waals surface area contributed by atoms with Crippen molar-refractivity contribution in [1.82, 2.24) is 4.90 Å². The molecule has 18 heavy (non-hydrogen) atoms. The van der Waals surface area contributed by atoms with Gasteiger partial charge in [0.05, 0.1) is 6.26 Å². The van der Waals surface area contributed by atoms with E-state index in [9.17, 15) is 4.79 Å². The Morgan fingerprint density at radius 1 is 1.17 bits per heavy atom. The van der Waals surface area contributed by atoms with Crippen LogP contribution in [-0.4, -0.2) is 24.9 Å². The van der Waals surface area contributed by atoms with E-state index in [0.717, 1.165) is 23.3 Å². The predicted octanol–water partition coefficient (Wildman–Crippen LogP) is 2.97. The molecule has 1 aromatic carbocycles. The van der Waals surface area contributed by atoms with Crippen LogP contribution in [-0.2, 0) is 11.2 Å². The molecule has 0 spiro atoms. The Morgan fingerprint density at radius 2 is 1.94 bits per heavy atom. The number of benzene rings is 1. The second kappa shape index (κ2) is 5.54. The molecule has 0 radical (unpaired) electrons. The monoisotopic (exact) mass is 243 g/mol. The molecule has 2 rings (SSSR count). The van der Waals surface area contributed by atoms with Crippen molar-refractivity contribution >= 4 is 5.91 Å². The normalized spacial score (nSPS) is 10.3. The van der Waals surface area contributed by atoms with Crippen molar-refractivity contribution < 1.29 is 9.21 Å². The summed E-state index contributed by atoms with van der Waals surface area (Å²) in [5.74, 6) is 0.993. The maximum atomic E-state index is 11.6. The summed E-state index contributed by atoms with van der Waals surface area (Å²) in [4.78, 5) is 13.2. The van der Waals surface area contributed by atoms with Crippen molar-refractivity contribution in [3.63, 3.8) is 0 Å². The fourth-order valence-electron chi connectivity index (χ4n) is 1.88. The fourth-order valence-corrected chi connectivity index (χ4v) is 1.88. The number of furan rings is 1. The van der Waals surface area contributed by atoms with Gasteiger partial charge in [0.1, 0.15) is 5.76 Å². The highest BCUT2D eigenvalue weighted by Gasteiger charge is 2.09. The van der Waals surface area contributed by atoms with E-state index in [0.29, 0.717) is 6.42 Å². The third kappa shape index (κ3) is 2.80. The van der Waals surface area contributed by atoms with Crippen LogP contribution >= 0.6 is 0 Å². The van der Waals surface area contributed by atoms with E-state index < -0.39 is 0 Å². The highest BCUT2D eigenvalue weighted by Crippen LogP contribution is 2.25. The molecule has 0 atom stereocenters. The molecule has 1 heterocycles. The van der Waals surface area contributed by atoms with Gasteiger partial charge in [-0.2, -0.15) is 0 Å². The van der Waals surface area contributed by atoms with Crippen LogP contribution < -0.4 is 0 Å². The first-order chi connectivity index (χ1) is 8.68.